The van der Waals surface area contributed by atoms with Crippen molar-refractivity contribution < 1.29 is 13.9 Å². The van der Waals surface area contributed by atoms with Crippen molar-refractivity contribution >= 4 is 16.9 Å². The van der Waals surface area contributed by atoms with E-state index in [9.17, 15) is 4.79 Å². The van der Waals surface area contributed by atoms with E-state index in [1.165, 1.54) is 0 Å². The summed E-state index contributed by atoms with van der Waals surface area (Å²) in [5, 5.41) is 5.14. The summed E-state index contributed by atoms with van der Waals surface area (Å²) in [6.45, 7) is 4.32. The molecule has 1 aliphatic rings. The van der Waals surface area contributed by atoms with E-state index in [-0.39, 0.29) is 12.0 Å². The lowest BCUT2D eigenvalue weighted by Crippen LogP contribution is -2.47. The van der Waals surface area contributed by atoms with Gasteiger partial charge in [-0.1, -0.05) is 18.2 Å². The average Bonchev–Trinajstić information content (AvgIpc) is 3.20. The van der Waals surface area contributed by atoms with Gasteiger partial charge in [-0.05, 0) is 18.6 Å². The smallest absolute Gasteiger partial charge is 0.257 e. The van der Waals surface area contributed by atoms with Crippen LogP contribution in [0.5, 0.6) is 0 Å². The summed E-state index contributed by atoms with van der Waals surface area (Å²) < 4.78 is 13.2. The number of hydrogen-bond acceptors (Lipinski definition) is 4. The van der Waals surface area contributed by atoms with Gasteiger partial charge in [-0.25, -0.2) is 0 Å². The number of aryl methyl sites for hydroxylation is 1. The Hall–Kier alpha value is -2.60. The molecule has 1 fully saturated rings. The van der Waals surface area contributed by atoms with Crippen LogP contribution in [0.4, 0.5) is 0 Å². The molecule has 3 heterocycles. The second-order valence-corrected chi connectivity index (χ2v) is 6.13. The Morgan fingerprint density at radius 1 is 1.38 bits per heavy atom. The van der Waals surface area contributed by atoms with E-state index in [0.717, 1.165) is 16.5 Å². The lowest BCUT2D eigenvalue weighted by atomic mass is 10.1. The number of ether oxygens (including phenoxy) is 1. The fourth-order valence-corrected chi connectivity index (χ4v) is 3.10. The fourth-order valence-electron chi connectivity index (χ4n) is 3.10. The topological polar surface area (TPSA) is 60.5 Å². The number of carbonyl (C=O) groups is 1. The van der Waals surface area contributed by atoms with Crippen molar-refractivity contribution in [2.75, 3.05) is 19.7 Å². The third-order valence-electron chi connectivity index (χ3n) is 4.29. The van der Waals surface area contributed by atoms with Crippen LogP contribution in [0.3, 0.4) is 0 Å². The number of carbonyl (C=O) groups excluding carboxylic acids is 1. The maximum Gasteiger partial charge on any atom is 0.257 e. The number of aromatic nitrogens is 2. The van der Waals surface area contributed by atoms with Gasteiger partial charge in [0.1, 0.15) is 11.8 Å². The van der Waals surface area contributed by atoms with Crippen LogP contribution in [0.25, 0.3) is 11.0 Å². The van der Waals surface area contributed by atoms with Crippen molar-refractivity contribution in [2.45, 2.75) is 19.6 Å². The van der Waals surface area contributed by atoms with Crippen LogP contribution in [0.15, 0.2) is 47.3 Å². The molecule has 0 saturated carbocycles. The van der Waals surface area contributed by atoms with Gasteiger partial charge in [-0.15, -0.1) is 0 Å². The minimum Gasteiger partial charge on any atom is -0.463 e. The van der Waals surface area contributed by atoms with Crippen molar-refractivity contribution in [3.8, 4) is 0 Å². The number of benzene rings is 1. The minimum absolute atomic E-state index is 0.00936. The number of hydrogen-bond donors (Lipinski definition) is 0. The van der Waals surface area contributed by atoms with Crippen LogP contribution in [-0.4, -0.2) is 46.4 Å². The second kappa shape index (κ2) is 6.13. The Balaban J connectivity index is 1.50. The van der Waals surface area contributed by atoms with Crippen LogP contribution in [0.2, 0.25) is 0 Å². The molecule has 1 unspecified atom stereocenters. The third-order valence-corrected chi connectivity index (χ3v) is 4.29. The summed E-state index contributed by atoms with van der Waals surface area (Å²) in [7, 11) is 0. The summed E-state index contributed by atoms with van der Waals surface area (Å²) in [5.41, 5.74) is 2.46. The van der Waals surface area contributed by atoms with Crippen LogP contribution < -0.4 is 0 Å². The highest BCUT2D eigenvalue weighted by Gasteiger charge is 2.27. The number of rotatable bonds is 3. The first-order chi connectivity index (χ1) is 11.7. The van der Waals surface area contributed by atoms with Crippen LogP contribution in [0, 0.1) is 6.92 Å². The zero-order valence-corrected chi connectivity index (χ0v) is 13.5. The summed E-state index contributed by atoms with van der Waals surface area (Å²) >= 11 is 0. The molecule has 1 amide bonds. The highest BCUT2D eigenvalue weighted by molar-refractivity contribution is 6.05. The molecule has 2 aromatic heterocycles. The lowest BCUT2D eigenvalue weighted by molar-refractivity contribution is -0.0299. The van der Waals surface area contributed by atoms with Crippen molar-refractivity contribution in [3.63, 3.8) is 0 Å². The summed E-state index contributed by atoms with van der Waals surface area (Å²) in [6.07, 6.45) is 5.30. The summed E-state index contributed by atoms with van der Waals surface area (Å²) in [4.78, 5) is 14.7. The quantitative estimate of drug-likeness (QED) is 0.742. The standard InChI is InChI=1S/C18H19N3O3/c1-13-8-19-21(9-13)11-14-10-20(6-7-23-14)18(22)16-12-24-17-5-3-2-4-15(16)17/h2-5,8-9,12,14H,6-7,10-11H2,1H3. The molecular formula is C18H19N3O3. The molecule has 0 radical (unpaired) electrons. The zero-order chi connectivity index (χ0) is 16.5. The van der Waals surface area contributed by atoms with Crippen molar-refractivity contribution in [1.29, 1.82) is 0 Å². The number of furan rings is 1. The molecule has 0 bridgehead atoms. The molecule has 0 aliphatic carbocycles. The molecule has 24 heavy (non-hydrogen) atoms. The van der Waals surface area contributed by atoms with Crippen LogP contribution >= 0.6 is 0 Å². The highest BCUT2D eigenvalue weighted by atomic mass is 16.5. The number of para-hydroxylation sites is 1. The van der Waals surface area contributed by atoms with Gasteiger partial charge in [-0.3, -0.25) is 9.48 Å². The summed E-state index contributed by atoms with van der Waals surface area (Å²) in [6, 6.07) is 7.60. The second-order valence-electron chi connectivity index (χ2n) is 6.13. The molecule has 1 saturated heterocycles. The van der Waals surface area contributed by atoms with E-state index in [0.29, 0.717) is 31.8 Å². The van der Waals surface area contributed by atoms with Gasteiger partial charge in [-0.2, -0.15) is 5.10 Å². The Morgan fingerprint density at radius 2 is 2.25 bits per heavy atom. The maximum absolute atomic E-state index is 12.9. The fraction of sp³-hybridized carbons (Fsp3) is 0.333. The molecule has 1 atom stereocenters. The molecular weight excluding hydrogens is 306 g/mol. The molecule has 6 nitrogen and oxygen atoms in total. The van der Waals surface area contributed by atoms with E-state index in [1.54, 1.807) is 6.26 Å². The van der Waals surface area contributed by atoms with Crippen molar-refractivity contribution in [3.05, 3.63) is 54.0 Å². The number of amides is 1. The normalized spacial score (nSPS) is 18.2. The van der Waals surface area contributed by atoms with E-state index in [1.807, 2.05) is 53.2 Å². The van der Waals surface area contributed by atoms with E-state index < -0.39 is 0 Å². The number of morpholine rings is 1. The molecule has 124 valence electrons. The molecule has 3 aromatic rings. The predicted molar refractivity (Wildman–Crippen MR) is 88.8 cm³/mol. The zero-order valence-electron chi connectivity index (χ0n) is 13.5. The Labute approximate surface area is 139 Å². The lowest BCUT2D eigenvalue weighted by Gasteiger charge is -2.32. The average molecular weight is 325 g/mol. The first-order valence-corrected chi connectivity index (χ1v) is 8.07. The minimum atomic E-state index is -0.0554. The van der Waals surface area contributed by atoms with Gasteiger partial charge in [0.05, 0.1) is 31.0 Å². The Bertz CT molecular complexity index is 867. The van der Waals surface area contributed by atoms with Crippen molar-refractivity contribution in [2.24, 2.45) is 0 Å². The molecule has 0 N–H and O–H groups in total. The summed E-state index contributed by atoms with van der Waals surface area (Å²) in [5.74, 6) is -0.00936. The van der Waals surface area contributed by atoms with Gasteiger partial charge in [0.2, 0.25) is 0 Å². The first-order valence-electron chi connectivity index (χ1n) is 8.07. The predicted octanol–water partition coefficient (Wildman–Crippen LogP) is 2.48. The Kier molecular flexibility index (Phi) is 3.82. The SMILES string of the molecule is Cc1cnn(CC2CN(C(=O)c3coc4ccccc34)CCO2)c1. The largest absolute Gasteiger partial charge is 0.463 e. The van der Waals surface area contributed by atoms with Gasteiger partial charge >= 0.3 is 0 Å². The maximum atomic E-state index is 12.9. The molecule has 1 aliphatic heterocycles. The monoisotopic (exact) mass is 325 g/mol. The molecule has 6 heteroatoms. The number of fused-ring (bicyclic) bond motifs is 1. The van der Waals surface area contributed by atoms with E-state index >= 15 is 0 Å². The van der Waals surface area contributed by atoms with Crippen LogP contribution in [-0.2, 0) is 11.3 Å². The van der Waals surface area contributed by atoms with Crippen LogP contribution in [0.1, 0.15) is 15.9 Å². The van der Waals surface area contributed by atoms with E-state index in [2.05, 4.69) is 5.10 Å². The highest BCUT2D eigenvalue weighted by Crippen LogP contribution is 2.23. The van der Waals surface area contributed by atoms with Gasteiger partial charge in [0.15, 0.2) is 0 Å². The molecule has 4 rings (SSSR count). The van der Waals surface area contributed by atoms with Crippen molar-refractivity contribution in [1.82, 2.24) is 14.7 Å². The van der Waals surface area contributed by atoms with Gasteiger partial charge in [0, 0.05) is 24.7 Å². The van der Waals surface area contributed by atoms with E-state index in [4.69, 9.17) is 9.15 Å². The van der Waals surface area contributed by atoms with Gasteiger partial charge < -0.3 is 14.1 Å². The Morgan fingerprint density at radius 3 is 3.08 bits per heavy atom. The number of nitrogens with zero attached hydrogens (tertiary/aromatic N) is 3. The molecule has 0 spiro atoms. The third kappa shape index (κ3) is 2.80. The molecule has 1 aromatic carbocycles. The van der Waals surface area contributed by atoms with Gasteiger partial charge in [0.25, 0.3) is 5.91 Å². The first kappa shape index (κ1) is 15.0.